The van der Waals surface area contributed by atoms with E-state index in [0.29, 0.717) is 44.3 Å². The van der Waals surface area contributed by atoms with Crippen LogP contribution in [0.2, 0.25) is 5.02 Å². The van der Waals surface area contributed by atoms with Crippen LogP contribution < -0.4 is 0 Å². The van der Waals surface area contributed by atoms with Crippen molar-refractivity contribution in [2.24, 2.45) is 0 Å². The summed E-state index contributed by atoms with van der Waals surface area (Å²) in [7, 11) is 0. The van der Waals surface area contributed by atoms with Crippen molar-refractivity contribution in [3.63, 3.8) is 0 Å². The van der Waals surface area contributed by atoms with Crippen molar-refractivity contribution < 1.29 is 23.9 Å². The van der Waals surface area contributed by atoms with Gasteiger partial charge in [-0.15, -0.1) is 0 Å². The van der Waals surface area contributed by atoms with Crippen LogP contribution in [-0.4, -0.2) is 72.6 Å². The van der Waals surface area contributed by atoms with Gasteiger partial charge in [-0.05, 0) is 36.6 Å². The van der Waals surface area contributed by atoms with Gasteiger partial charge < -0.3 is 19.3 Å². The van der Waals surface area contributed by atoms with E-state index < -0.39 is 11.5 Å². The van der Waals surface area contributed by atoms with E-state index in [1.165, 1.54) is 13.0 Å². The summed E-state index contributed by atoms with van der Waals surface area (Å²) in [5.74, 6) is -0.694. The molecule has 1 unspecified atom stereocenters. The van der Waals surface area contributed by atoms with Crippen LogP contribution in [0.15, 0.2) is 30.3 Å². The quantitative estimate of drug-likeness (QED) is 0.508. The molecule has 30 heavy (non-hydrogen) atoms. The summed E-state index contributed by atoms with van der Waals surface area (Å²) in [5, 5.41) is 0.589. The number of morpholine rings is 1. The van der Waals surface area contributed by atoms with Gasteiger partial charge in [-0.1, -0.05) is 23.7 Å². The molecule has 2 fully saturated rings. The average Bonchev–Trinajstić information content (AvgIpc) is 3.15. The van der Waals surface area contributed by atoms with Gasteiger partial charge in [0.05, 0.1) is 25.2 Å². The van der Waals surface area contributed by atoms with Gasteiger partial charge in [-0.25, -0.2) is 0 Å². The van der Waals surface area contributed by atoms with E-state index in [-0.39, 0.29) is 24.8 Å². The monoisotopic (exact) mass is 434 g/mol. The van der Waals surface area contributed by atoms with E-state index in [1.807, 2.05) is 12.1 Å². The van der Waals surface area contributed by atoms with Crippen molar-refractivity contribution in [3.05, 3.63) is 40.9 Å². The third kappa shape index (κ3) is 5.61. The Hall–Kier alpha value is -2.38. The van der Waals surface area contributed by atoms with Crippen molar-refractivity contribution in [2.45, 2.75) is 31.7 Å². The minimum Gasteiger partial charge on any atom is -0.463 e. The van der Waals surface area contributed by atoms with Gasteiger partial charge in [0.1, 0.15) is 6.61 Å². The fraction of sp³-hybridized carbons (Fsp3) is 0.500. The fourth-order valence-corrected chi connectivity index (χ4v) is 4.18. The molecule has 1 atom stereocenters. The second kappa shape index (κ2) is 10.1. The van der Waals surface area contributed by atoms with Crippen LogP contribution in [0.4, 0.5) is 0 Å². The Morgan fingerprint density at radius 1 is 1.23 bits per heavy atom. The Bertz CT molecular complexity index is 822. The number of hydrogen-bond acceptors (Lipinski definition) is 5. The molecule has 0 bridgehead atoms. The maximum atomic E-state index is 13.0. The molecule has 2 amide bonds. The predicted octanol–water partition coefficient (Wildman–Crippen LogP) is 2.53. The Kier molecular flexibility index (Phi) is 7.50. The summed E-state index contributed by atoms with van der Waals surface area (Å²) < 4.78 is 10.6. The average molecular weight is 435 g/mol. The number of carbonyl (C=O) groups is 3. The second-order valence-electron chi connectivity index (χ2n) is 7.66. The number of carbonyl (C=O) groups excluding carboxylic acids is 3. The standard InChI is InChI=1S/C22H27ClN2O5/c1-17(26)30-16-22(15-21(28)24-10-12-29-13-11-24)8-3-9-25(22)20(27)7-6-18-4-2-5-19(23)14-18/h2,4-7,14H,3,8-13,15-16H2,1H3/b7-6+. The molecular weight excluding hydrogens is 408 g/mol. The van der Waals surface area contributed by atoms with Crippen LogP contribution in [0.25, 0.3) is 6.08 Å². The smallest absolute Gasteiger partial charge is 0.302 e. The van der Waals surface area contributed by atoms with E-state index in [1.54, 1.807) is 28.0 Å². The summed E-state index contributed by atoms with van der Waals surface area (Å²) in [4.78, 5) is 40.9. The molecule has 3 rings (SSSR count). The normalized spacial score (nSPS) is 21.8. The van der Waals surface area contributed by atoms with E-state index in [9.17, 15) is 14.4 Å². The lowest BCUT2D eigenvalue weighted by atomic mass is 9.91. The maximum absolute atomic E-state index is 13.0. The number of halogens is 1. The van der Waals surface area contributed by atoms with Gasteiger partial charge in [0.25, 0.3) is 0 Å². The minimum absolute atomic E-state index is 0.00909. The lowest BCUT2D eigenvalue weighted by Crippen LogP contribution is -2.54. The molecule has 2 aliphatic heterocycles. The molecule has 0 spiro atoms. The first-order valence-electron chi connectivity index (χ1n) is 10.1. The van der Waals surface area contributed by atoms with Gasteiger partial charge in [-0.3, -0.25) is 14.4 Å². The number of likely N-dealkylation sites (tertiary alicyclic amines) is 1. The van der Waals surface area contributed by atoms with Gasteiger partial charge >= 0.3 is 5.97 Å². The predicted molar refractivity (Wildman–Crippen MR) is 113 cm³/mol. The topological polar surface area (TPSA) is 76.2 Å². The highest BCUT2D eigenvalue weighted by Gasteiger charge is 2.46. The van der Waals surface area contributed by atoms with Crippen LogP contribution in [-0.2, 0) is 23.9 Å². The number of nitrogens with zero attached hydrogens (tertiary/aromatic N) is 2. The zero-order valence-corrected chi connectivity index (χ0v) is 17.9. The highest BCUT2D eigenvalue weighted by atomic mass is 35.5. The molecule has 1 aromatic carbocycles. The van der Waals surface area contributed by atoms with Crippen LogP contribution in [0.1, 0.15) is 31.7 Å². The number of amides is 2. The SMILES string of the molecule is CC(=O)OCC1(CC(=O)N2CCOCC2)CCCN1C(=O)/C=C/c1cccc(Cl)c1. The second-order valence-corrected chi connectivity index (χ2v) is 8.09. The van der Waals surface area contributed by atoms with E-state index in [4.69, 9.17) is 21.1 Å². The van der Waals surface area contributed by atoms with Crippen LogP contribution in [0, 0.1) is 0 Å². The van der Waals surface area contributed by atoms with E-state index in [0.717, 1.165) is 12.0 Å². The largest absolute Gasteiger partial charge is 0.463 e. The van der Waals surface area contributed by atoms with E-state index >= 15 is 0 Å². The Morgan fingerprint density at radius 3 is 2.70 bits per heavy atom. The molecule has 2 aliphatic rings. The molecular formula is C22H27ClN2O5. The van der Waals surface area contributed by atoms with Crippen molar-refractivity contribution in [1.82, 2.24) is 9.80 Å². The number of benzene rings is 1. The first-order chi connectivity index (χ1) is 14.4. The third-order valence-electron chi connectivity index (χ3n) is 5.52. The molecule has 8 heteroatoms. The summed E-state index contributed by atoms with van der Waals surface area (Å²) in [6.07, 6.45) is 4.66. The molecule has 0 radical (unpaired) electrons. The van der Waals surface area contributed by atoms with Crippen molar-refractivity contribution in [1.29, 1.82) is 0 Å². The molecule has 0 aliphatic carbocycles. The van der Waals surface area contributed by atoms with Crippen molar-refractivity contribution in [2.75, 3.05) is 39.5 Å². The fourth-order valence-electron chi connectivity index (χ4n) is 3.98. The summed E-state index contributed by atoms with van der Waals surface area (Å²) >= 11 is 6.01. The Balaban J connectivity index is 1.78. The zero-order chi connectivity index (χ0) is 21.6. The number of rotatable bonds is 6. The lowest BCUT2D eigenvalue weighted by molar-refractivity contribution is -0.152. The van der Waals surface area contributed by atoms with Crippen molar-refractivity contribution >= 4 is 35.5 Å². The third-order valence-corrected chi connectivity index (χ3v) is 5.75. The molecule has 2 saturated heterocycles. The number of ether oxygens (including phenoxy) is 2. The van der Waals surface area contributed by atoms with Gasteiger partial charge in [0.15, 0.2) is 0 Å². The van der Waals surface area contributed by atoms with Gasteiger partial charge in [-0.2, -0.15) is 0 Å². The Labute approximate surface area is 181 Å². The van der Waals surface area contributed by atoms with Crippen molar-refractivity contribution in [3.8, 4) is 0 Å². The molecule has 0 saturated carbocycles. The van der Waals surface area contributed by atoms with Crippen LogP contribution >= 0.6 is 11.6 Å². The lowest BCUT2D eigenvalue weighted by Gasteiger charge is -2.39. The van der Waals surface area contributed by atoms with E-state index in [2.05, 4.69) is 0 Å². The summed E-state index contributed by atoms with van der Waals surface area (Å²) in [6.45, 7) is 3.93. The molecule has 0 N–H and O–H groups in total. The van der Waals surface area contributed by atoms with Crippen LogP contribution in [0.3, 0.4) is 0 Å². The number of hydrogen-bond donors (Lipinski definition) is 0. The number of esters is 1. The highest BCUT2D eigenvalue weighted by Crippen LogP contribution is 2.34. The molecule has 0 aromatic heterocycles. The Morgan fingerprint density at radius 2 is 2.00 bits per heavy atom. The maximum Gasteiger partial charge on any atom is 0.302 e. The molecule has 2 heterocycles. The first-order valence-corrected chi connectivity index (χ1v) is 10.5. The summed E-state index contributed by atoms with van der Waals surface area (Å²) in [5.41, 5.74) is -0.0263. The summed E-state index contributed by atoms with van der Waals surface area (Å²) in [6, 6.07) is 7.20. The molecule has 162 valence electrons. The first kappa shape index (κ1) is 22.3. The molecule has 1 aromatic rings. The zero-order valence-electron chi connectivity index (χ0n) is 17.1. The van der Waals surface area contributed by atoms with Gasteiger partial charge in [0, 0.05) is 37.7 Å². The molecule has 7 nitrogen and oxygen atoms in total. The van der Waals surface area contributed by atoms with Gasteiger partial charge in [0.2, 0.25) is 11.8 Å². The van der Waals surface area contributed by atoms with Crippen LogP contribution in [0.5, 0.6) is 0 Å². The highest BCUT2D eigenvalue weighted by molar-refractivity contribution is 6.30. The minimum atomic E-state index is -0.836.